The van der Waals surface area contributed by atoms with Gasteiger partial charge in [-0.25, -0.2) is 18.0 Å². The van der Waals surface area contributed by atoms with Gasteiger partial charge in [0.15, 0.2) is 11.6 Å². The number of hydrogen-bond acceptors (Lipinski definition) is 4. The first-order valence-corrected chi connectivity index (χ1v) is 10.8. The summed E-state index contributed by atoms with van der Waals surface area (Å²) in [5, 5.41) is 7.31. The minimum absolute atomic E-state index is 0.0828. The average molecular weight is 497 g/mol. The smallest absolute Gasteiger partial charge is 0.327 e. The Labute approximate surface area is 202 Å². The van der Waals surface area contributed by atoms with Crippen LogP contribution < -0.4 is 10.2 Å². The molecule has 10 heteroatoms. The summed E-state index contributed by atoms with van der Waals surface area (Å²) in [6.45, 7) is 1.63. The zero-order valence-electron chi connectivity index (χ0n) is 18.1. The summed E-state index contributed by atoms with van der Waals surface area (Å²) in [7, 11) is 0. The Hall–Kier alpha value is -4.11. The lowest BCUT2D eigenvalue weighted by molar-refractivity contribution is 0.244. The van der Waals surface area contributed by atoms with E-state index in [1.807, 2.05) is 0 Å². The van der Waals surface area contributed by atoms with Crippen molar-refractivity contribution in [3.8, 4) is 11.4 Å². The molecule has 5 rings (SSSR count). The fraction of sp³-hybridized carbons (Fsp3) is 0.0800. The van der Waals surface area contributed by atoms with Crippen molar-refractivity contribution in [1.82, 2.24) is 15.5 Å². The van der Waals surface area contributed by atoms with Crippen molar-refractivity contribution < 1.29 is 22.5 Å². The number of carbonyl (C=O) groups excluding carboxylic acids is 1. The highest BCUT2D eigenvalue weighted by Crippen LogP contribution is 2.39. The summed E-state index contributed by atoms with van der Waals surface area (Å²) in [6, 6.07) is 14.3. The van der Waals surface area contributed by atoms with Crippen molar-refractivity contribution in [2.45, 2.75) is 13.0 Å². The molecule has 0 spiro atoms. The van der Waals surface area contributed by atoms with Crippen LogP contribution in [-0.4, -0.2) is 16.2 Å². The molecule has 0 aliphatic carbocycles. The monoisotopic (exact) mass is 496 g/mol. The number of rotatable bonds is 4. The first kappa shape index (κ1) is 22.7. The molecule has 0 radical (unpaired) electrons. The van der Waals surface area contributed by atoms with Crippen molar-refractivity contribution in [1.29, 1.82) is 0 Å². The molecule has 1 unspecified atom stereocenters. The summed E-state index contributed by atoms with van der Waals surface area (Å²) in [6.07, 6.45) is 0. The second-order valence-electron chi connectivity index (χ2n) is 7.80. The molecule has 4 aromatic rings. The maximum Gasteiger partial charge on any atom is 0.327 e. The van der Waals surface area contributed by atoms with Gasteiger partial charge in [0.05, 0.1) is 17.3 Å². The van der Waals surface area contributed by atoms with E-state index in [0.29, 0.717) is 27.4 Å². The van der Waals surface area contributed by atoms with Crippen LogP contribution in [0.4, 0.5) is 23.7 Å². The van der Waals surface area contributed by atoms with E-state index >= 15 is 0 Å². The second-order valence-corrected chi connectivity index (χ2v) is 8.24. The lowest BCUT2D eigenvalue weighted by Crippen LogP contribution is -2.46. The number of nitrogens with one attached hydrogen (secondary N) is 1. The summed E-state index contributed by atoms with van der Waals surface area (Å²) in [4.78, 5) is 18.8. The number of amides is 2. The standard InChI is InChI=1S/C25H16ClF3N4O2/c1-13-21(24-31-23(32-35-24)14-5-7-17(27)8-6-14)22(15-3-2-4-16(26)11-15)30-25(34)33(13)18-9-10-19(28)20(29)12-18/h2-12,22H,1H3,(H,30,34). The zero-order chi connectivity index (χ0) is 24.7. The number of aromatic nitrogens is 2. The van der Waals surface area contributed by atoms with Gasteiger partial charge in [-0.2, -0.15) is 4.98 Å². The molecule has 1 N–H and O–H groups in total. The van der Waals surface area contributed by atoms with Crippen LogP contribution >= 0.6 is 11.6 Å². The second kappa shape index (κ2) is 8.92. The number of benzene rings is 3. The Kier molecular flexibility index (Phi) is 5.78. The lowest BCUT2D eigenvalue weighted by Gasteiger charge is -2.35. The Morgan fingerprint density at radius 1 is 1.00 bits per heavy atom. The van der Waals surface area contributed by atoms with Crippen molar-refractivity contribution >= 4 is 28.9 Å². The fourth-order valence-corrected chi connectivity index (χ4v) is 4.14. The molecule has 0 saturated heterocycles. The topological polar surface area (TPSA) is 71.3 Å². The third-order valence-corrected chi connectivity index (χ3v) is 5.82. The Morgan fingerprint density at radius 2 is 1.77 bits per heavy atom. The Morgan fingerprint density at radius 3 is 2.49 bits per heavy atom. The summed E-state index contributed by atoms with van der Waals surface area (Å²) in [5.74, 6) is -2.25. The number of halogens is 4. The van der Waals surface area contributed by atoms with Crippen LogP contribution in [0.25, 0.3) is 17.0 Å². The quantitative estimate of drug-likeness (QED) is 0.349. The van der Waals surface area contributed by atoms with Gasteiger partial charge in [0, 0.05) is 22.3 Å². The molecule has 0 fully saturated rings. The molecule has 1 aliphatic rings. The van der Waals surface area contributed by atoms with Gasteiger partial charge in [-0.05, 0) is 61.0 Å². The van der Waals surface area contributed by atoms with Crippen LogP contribution in [0, 0.1) is 17.5 Å². The van der Waals surface area contributed by atoms with E-state index in [1.54, 1.807) is 31.2 Å². The van der Waals surface area contributed by atoms with Crippen LogP contribution in [0.1, 0.15) is 24.4 Å². The largest absolute Gasteiger partial charge is 0.334 e. The van der Waals surface area contributed by atoms with E-state index in [1.165, 1.54) is 35.2 Å². The van der Waals surface area contributed by atoms with Crippen LogP contribution in [0.15, 0.2) is 77.0 Å². The molecule has 3 aromatic carbocycles. The maximum absolute atomic E-state index is 14.0. The first-order chi connectivity index (χ1) is 16.8. The highest BCUT2D eigenvalue weighted by Gasteiger charge is 2.36. The summed E-state index contributed by atoms with van der Waals surface area (Å²) >= 11 is 6.19. The minimum atomic E-state index is -1.10. The molecule has 0 saturated carbocycles. The molecular weight excluding hydrogens is 481 g/mol. The van der Waals surface area contributed by atoms with Crippen LogP contribution in [0.5, 0.6) is 0 Å². The van der Waals surface area contributed by atoms with Crippen LogP contribution in [-0.2, 0) is 0 Å². The van der Waals surface area contributed by atoms with Gasteiger partial charge in [0.25, 0.3) is 5.89 Å². The molecule has 1 atom stereocenters. The van der Waals surface area contributed by atoms with E-state index in [9.17, 15) is 18.0 Å². The van der Waals surface area contributed by atoms with Crippen molar-refractivity contribution in [3.05, 3.63) is 106 Å². The van der Waals surface area contributed by atoms with E-state index in [4.69, 9.17) is 16.1 Å². The molecule has 2 heterocycles. The Balaban J connectivity index is 1.66. The molecule has 35 heavy (non-hydrogen) atoms. The number of hydrogen-bond donors (Lipinski definition) is 1. The summed E-state index contributed by atoms with van der Waals surface area (Å²) in [5.41, 5.74) is 2.07. The molecular formula is C25H16ClF3N4O2. The minimum Gasteiger partial charge on any atom is -0.334 e. The van der Waals surface area contributed by atoms with Crippen molar-refractivity contribution in [2.75, 3.05) is 4.90 Å². The number of urea groups is 1. The SMILES string of the molecule is CC1=C(c2nc(-c3ccc(F)cc3)no2)C(c2cccc(Cl)c2)NC(=O)N1c1ccc(F)c(F)c1. The van der Waals surface area contributed by atoms with Gasteiger partial charge in [0.1, 0.15) is 5.82 Å². The number of anilines is 1. The molecule has 1 aromatic heterocycles. The van der Waals surface area contributed by atoms with Gasteiger partial charge >= 0.3 is 6.03 Å². The zero-order valence-corrected chi connectivity index (χ0v) is 18.9. The lowest BCUT2D eigenvalue weighted by atomic mass is 9.94. The number of carbonyl (C=O) groups is 1. The molecule has 0 bridgehead atoms. The molecule has 1 aliphatic heterocycles. The average Bonchev–Trinajstić information content (AvgIpc) is 3.31. The molecule has 6 nitrogen and oxygen atoms in total. The predicted octanol–water partition coefficient (Wildman–Crippen LogP) is 6.51. The predicted molar refractivity (Wildman–Crippen MR) is 124 cm³/mol. The van der Waals surface area contributed by atoms with E-state index < -0.39 is 29.5 Å². The van der Waals surface area contributed by atoms with Crippen LogP contribution in [0.3, 0.4) is 0 Å². The van der Waals surface area contributed by atoms with Gasteiger partial charge in [-0.3, -0.25) is 4.90 Å². The van der Waals surface area contributed by atoms with E-state index in [0.717, 1.165) is 12.1 Å². The van der Waals surface area contributed by atoms with Gasteiger partial charge in [-0.15, -0.1) is 0 Å². The van der Waals surface area contributed by atoms with Crippen molar-refractivity contribution in [3.63, 3.8) is 0 Å². The third-order valence-electron chi connectivity index (χ3n) is 5.59. The van der Waals surface area contributed by atoms with Gasteiger partial charge in [0.2, 0.25) is 5.82 Å². The fourth-order valence-electron chi connectivity index (χ4n) is 3.94. The van der Waals surface area contributed by atoms with Gasteiger partial charge in [-0.1, -0.05) is 28.9 Å². The number of nitrogens with zero attached hydrogens (tertiary/aromatic N) is 3. The van der Waals surface area contributed by atoms with Gasteiger partial charge < -0.3 is 9.84 Å². The van der Waals surface area contributed by atoms with E-state index in [-0.39, 0.29) is 17.4 Å². The summed E-state index contributed by atoms with van der Waals surface area (Å²) < 4.78 is 46.4. The highest BCUT2D eigenvalue weighted by atomic mass is 35.5. The van der Waals surface area contributed by atoms with Crippen LogP contribution in [0.2, 0.25) is 5.02 Å². The molecule has 2 amide bonds. The molecule has 176 valence electrons. The Bertz CT molecular complexity index is 1470. The highest BCUT2D eigenvalue weighted by molar-refractivity contribution is 6.30. The first-order valence-electron chi connectivity index (χ1n) is 10.4. The van der Waals surface area contributed by atoms with Crippen molar-refractivity contribution in [2.24, 2.45) is 0 Å². The third kappa shape index (κ3) is 4.26. The number of allylic oxidation sites excluding steroid dienone is 1. The normalized spacial score (nSPS) is 16.0. The van der Waals surface area contributed by atoms with E-state index in [2.05, 4.69) is 15.5 Å². The maximum atomic E-state index is 14.0.